The maximum atomic E-state index is 13.7. The summed E-state index contributed by atoms with van der Waals surface area (Å²) in [5.41, 5.74) is 0.535. The van der Waals surface area contributed by atoms with Gasteiger partial charge in [0.15, 0.2) is 0 Å². The second kappa shape index (κ2) is 6.70. The van der Waals surface area contributed by atoms with Gasteiger partial charge in [-0.2, -0.15) is 4.98 Å². The SMILES string of the molecule is Fc1cccc(F)c1Nc1ccnc(Nc2cccc(Br)c2)n1. The molecule has 2 N–H and O–H groups in total. The summed E-state index contributed by atoms with van der Waals surface area (Å²) in [6.07, 6.45) is 1.49. The van der Waals surface area contributed by atoms with Gasteiger partial charge in [-0.3, -0.25) is 0 Å². The molecule has 0 amide bonds. The van der Waals surface area contributed by atoms with Crippen LogP contribution >= 0.6 is 15.9 Å². The number of rotatable bonds is 4. The molecule has 2 aromatic carbocycles. The molecule has 0 aliphatic rings. The molecule has 3 rings (SSSR count). The van der Waals surface area contributed by atoms with Crippen LogP contribution in [0.5, 0.6) is 0 Å². The van der Waals surface area contributed by atoms with E-state index in [2.05, 4.69) is 36.5 Å². The summed E-state index contributed by atoms with van der Waals surface area (Å²) in [5, 5.41) is 5.65. The zero-order valence-corrected chi connectivity index (χ0v) is 13.3. The molecule has 7 heteroatoms. The van der Waals surface area contributed by atoms with Crippen molar-refractivity contribution in [1.82, 2.24) is 9.97 Å². The van der Waals surface area contributed by atoms with Gasteiger partial charge in [-0.25, -0.2) is 13.8 Å². The average Bonchev–Trinajstić information content (AvgIpc) is 2.52. The van der Waals surface area contributed by atoms with Gasteiger partial charge >= 0.3 is 0 Å². The Morgan fingerprint density at radius 3 is 2.39 bits per heavy atom. The summed E-state index contributed by atoms with van der Waals surface area (Å²) in [6.45, 7) is 0. The van der Waals surface area contributed by atoms with E-state index < -0.39 is 11.6 Å². The van der Waals surface area contributed by atoms with Crippen molar-refractivity contribution in [3.63, 3.8) is 0 Å². The lowest BCUT2D eigenvalue weighted by molar-refractivity contribution is 0.590. The standard InChI is InChI=1S/C16H11BrF2N4/c17-10-3-1-4-11(9-10)21-16-20-8-7-14(23-16)22-15-12(18)5-2-6-13(15)19/h1-9H,(H2,20,21,22,23). The van der Waals surface area contributed by atoms with Crippen LogP contribution in [0.4, 0.5) is 31.9 Å². The Morgan fingerprint density at radius 1 is 0.913 bits per heavy atom. The lowest BCUT2D eigenvalue weighted by Crippen LogP contribution is -2.02. The summed E-state index contributed by atoms with van der Waals surface area (Å²) in [7, 11) is 0. The highest BCUT2D eigenvalue weighted by Crippen LogP contribution is 2.23. The highest BCUT2D eigenvalue weighted by atomic mass is 79.9. The van der Waals surface area contributed by atoms with Crippen molar-refractivity contribution in [3.8, 4) is 0 Å². The minimum atomic E-state index is -0.690. The number of nitrogens with one attached hydrogen (secondary N) is 2. The summed E-state index contributed by atoms with van der Waals surface area (Å²) in [6, 6.07) is 12.6. The average molecular weight is 377 g/mol. The summed E-state index contributed by atoms with van der Waals surface area (Å²) in [5.74, 6) is -0.790. The Hall–Kier alpha value is -2.54. The third-order valence-electron chi connectivity index (χ3n) is 2.95. The molecular formula is C16H11BrF2N4. The highest BCUT2D eigenvalue weighted by Gasteiger charge is 2.09. The fourth-order valence-corrected chi connectivity index (χ4v) is 2.33. The predicted octanol–water partition coefficient (Wildman–Crippen LogP) is 5.00. The zero-order valence-electron chi connectivity index (χ0n) is 11.7. The minimum absolute atomic E-state index is 0.250. The molecule has 3 aromatic rings. The van der Waals surface area contributed by atoms with Crippen molar-refractivity contribution in [2.24, 2.45) is 0 Å². The van der Waals surface area contributed by atoms with Gasteiger partial charge in [-0.15, -0.1) is 0 Å². The Balaban J connectivity index is 1.83. The maximum absolute atomic E-state index is 13.7. The Kier molecular flexibility index (Phi) is 4.47. The van der Waals surface area contributed by atoms with Crippen molar-refractivity contribution >= 4 is 39.1 Å². The molecule has 0 aliphatic carbocycles. The Morgan fingerprint density at radius 2 is 1.65 bits per heavy atom. The van der Waals surface area contributed by atoms with E-state index in [4.69, 9.17) is 0 Å². The van der Waals surface area contributed by atoms with Crippen molar-refractivity contribution in [1.29, 1.82) is 0 Å². The molecule has 1 aromatic heterocycles. The molecule has 23 heavy (non-hydrogen) atoms. The van der Waals surface area contributed by atoms with Crippen LogP contribution in [0.3, 0.4) is 0 Å². The van der Waals surface area contributed by atoms with E-state index in [-0.39, 0.29) is 11.5 Å². The fraction of sp³-hybridized carbons (Fsp3) is 0. The van der Waals surface area contributed by atoms with Gasteiger partial charge in [0, 0.05) is 16.4 Å². The van der Waals surface area contributed by atoms with Crippen LogP contribution in [0.15, 0.2) is 59.2 Å². The van der Waals surface area contributed by atoms with Crippen molar-refractivity contribution in [2.45, 2.75) is 0 Å². The maximum Gasteiger partial charge on any atom is 0.229 e. The van der Waals surface area contributed by atoms with Crippen LogP contribution in [0.25, 0.3) is 0 Å². The second-order valence-corrected chi connectivity index (χ2v) is 5.54. The molecule has 0 saturated carbocycles. The van der Waals surface area contributed by atoms with Gasteiger partial charge in [0.1, 0.15) is 23.1 Å². The zero-order chi connectivity index (χ0) is 16.2. The molecular weight excluding hydrogens is 366 g/mol. The first-order valence-electron chi connectivity index (χ1n) is 6.68. The summed E-state index contributed by atoms with van der Waals surface area (Å²) < 4.78 is 28.2. The van der Waals surface area contributed by atoms with Crippen LogP contribution < -0.4 is 10.6 Å². The number of aromatic nitrogens is 2. The van der Waals surface area contributed by atoms with Crippen LogP contribution in [0.2, 0.25) is 0 Å². The number of hydrogen-bond acceptors (Lipinski definition) is 4. The summed E-state index contributed by atoms with van der Waals surface area (Å²) >= 11 is 3.37. The van der Waals surface area contributed by atoms with E-state index in [0.717, 1.165) is 10.2 Å². The minimum Gasteiger partial charge on any atom is -0.335 e. The van der Waals surface area contributed by atoms with E-state index in [1.807, 2.05) is 24.3 Å². The van der Waals surface area contributed by atoms with Crippen molar-refractivity contribution in [2.75, 3.05) is 10.6 Å². The number of hydrogen-bond donors (Lipinski definition) is 2. The van der Waals surface area contributed by atoms with E-state index in [1.165, 1.54) is 30.5 Å². The normalized spacial score (nSPS) is 10.4. The molecule has 0 atom stereocenters. The molecule has 116 valence electrons. The number of anilines is 4. The lowest BCUT2D eigenvalue weighted by Gasteiger charge is -2.10. The number of halogens is 3. The quantitative estimate of drug-likeness (QED) is 0.672. The summed E-state index contributed by atoms with van der Waals surface area (Å²) in [4.78, 5) is 8.28. The number of benzene rings is 2. The van der Waals surface area contributed by atoms with Crippen LogP contribution in [-0.4, -0.2) is 9.97 Å². The molecule has 0 unspecified atom stereocenters. The Labute approximate surface area is 139 Å². The van der Waals surface area contributed by atoms with E-state index in [9.17, 15) is 8.78 Å². The highest BCUT2D eigenvalue weighted by molar-refractivity contribution is 9.10. The van der Waals surface area contributed by atoms with Crippen LogP contribution in [0, 0.1) is 11.6 Å². The van der Waals surface area contributed by atoms with Gasteiger partial charge in [0.2, 0.25) is 5.95 Å². The molecule has 4 nitrogen and oxygen atoms in total. The van der Waals surface area contributed by atoms with Crippen molar-refractivity contribution in [3.05, 3.63) is 70.8 Å². The fourth-order valence-electron chi connectivity index (χ4n) is 1.93. The lowest BCUT2D eigenvalue weighted by atomic mass is 10.3. The molecule has 0 saturated heterocycles. The second-order valence-electron chi connectivity index (χ2n) is 4.62. The Bertz CT molecular complexity index is 822. The van der Waals surface area contributed by atoms with Crippen molar-refractivity contribution < 1.29 is 8.78 Å². The van der Waals surface area contributed by atoms with Gasteiger partial charge < -0.3 is 10.6 Å². The van der Waals surface area contributed by atoms with Crippen LogP contribution in [-0.2, 0) is 0 Å². The number of nitrogens with zero attached hydrogens (tertiary/aromatic N) is 2. The number of para-hydroxylation sites is 1. The topological polar surface area (TPSA) is 49.8 Å². The molecule has 0 aliphatic heterocycles. The largest absolute Gasteiger partial charge is 0.335 e. The van der Waals surface area contributed by atoms with E-state index in [0.29, 0.717) is 5.95 Å². The third kappa shape index (κ3) is 3.81. The molecule has 0 radical (unpaired) electrons. The first-order valence-corrected chi connectivity index (χ1v) is 7.48. The van der Waals surface area contributed by atoms with Gasteiger partial charge in [0.25, 0.3) is 0 Å². The third-order valence-corrected chi connectivity index (χ3v) is 3.45. The van der Waals surface area contributed by atoms with Gasteiger partial charge in [0.05, 0.1) is 0 Å². The van der Waals surface area contributed by atoms with E-state index in [1.54, 1.807) is 0 Å². The molecule has 0 spiro atoms. The molecule has 0 bridgehead atoms. The molecule has 0 fully saturated rings. The molecule has 1 heterocycles. The first kappa shape index (κ1) is 15.4. The van der Waals surface area contributed by atoms with Crippen LogP contribution in [0.1, 0.15) is 0 Å². The predicted molar refractivity (Wildman–Crippen MR) is 89.1 cm³/mol. The van der Waals surface area contributed by atoms with E-state index >= 15 is 0 Å². The first-order chi connectivity index (χ1) is 11.1. The monoisotopic (exact) mass is 376 g/mol. The van der Waals surface area contributed by atoms with Gasteiger partial charge in [-0.1, -0.05) is 28.1 Å². The smallest absolute Gasteiger partial charge is 0.229 e. The van der Waals surface area contributed by atoms with Gasteiger partial charge in [-0.05, 0) is 36.4 Å².